The lowest BCUT2D eigenvalue weighted by Crippen LogP contribution is -2.54. The molecule has 0 bridgehead atoms. The Morgan fingerprint density at radius 3 is 2.68 bits per heavy atom. The maximum Gasteiger partial charge on any atom is 0.156 e. The summed E-state index contributed by atoms with van der Waals surface area (Å²) >= 11 is 0. The molecule has 1 aromatic rings. The fraction of sp³-hybridized carbons (Fsp3) is 0.714. The van der Waals surface area contributed by atoms with E-state index in [2.05, 4.69) is 10.00 Å². The first kappa shape index (κ1) is 14.2. The van der Waals surface area contributed by atoms with Gasteiger partial charge in [0.25, 0.3) is 0 Å². The number of hydrogen-bond acceptors (Lipinski definition) is 4. The lowest BCUT2D eigenvalue weighted by Gasteiger charge is -2.39. The third-order valence-corrected chi connectivity index (χ3v) is 3.86. The van der Waals surface area contributed by atoms with E-state index in [1.165, 1.54) is 0 Å². The predicted octanol–water partition coefficient (Wildman–Crippen LogP) is 1.13. The van der Waals surface area contributed by atoms with Crippen LogP contribution in [-0.2, 0) is 22.5 Å². The van der Waals surface area contributed by atoms with E-state index in [0.29, 0.717) is 19.6 Å². The zero-order valence-corrected chi connectivity index (χ0v) is 12.1. The second kappa shape index (κ2) is 5.84. The van der Waals surface area contributed by atoms with Crippen LogP contribution in [0.4, 0.5) is 0 Å². The van der Waals surface area contributed by atoms with Crippen LogP contribution in [0.2, 0.25) is 0 Å². The van der Waals surface area contributed by atoms with Gasteiger partial charge in [0.05, 0.1) is 24.9 Å². The van der Waals surface area contributed by atoms with Crippen molar-refractivity contribution in [2.45, 2.75) is 39.3 Å². The van der Waals surface area contributed by atoms with Gasteiger partial charge in [-0.3, -0.25) is 14.4 Å². The molecule has 0 saturated carbocycles. The number of carbonyl (C=O) groups excluding carboxylic acids is 1. The molecule has 0 aromatic carbocycles. The number of nitrogens with zero attached hydrogens (tertiary/aromatic N) is 3. The Hall–Kier alpha value is -1.20. The van der Waals surface area contributed by atoms with Crippen molar-refractivity contribution in [2.75, 3.05) is 26.3 Å². The minimum absolute atomic E-state index is 0.241. The number of aromatic nitrogens is 2. The summed E-state index contributed by atoms with van der Waals surface area (Å²) in [5.74, 6) is 0.241. The van der Waals surface area contributed by atoms with Crippen LogP contribution >= 0.6 is 0 Å². The maximum absolute atomic E-state index is 12.5. The van der Waals surface area contributed by atoms with Crippen molar-refractivity contribution in [3.63, 3.8) is 0 Å². The fourth-order valence-corrected chi connectivity index (χ4v) is 2.37. The molecule has 0 unspecified atom stereocenters. The second-order valence-corrected chi connectivity index (χ2v) is 5.46. The Balaban J connectivity index is 2.00. The summed E-state index contributed by atoms with van der Waals surface area (Å²) in [5.41, 5.74) is 0.561. The Bertz CT molecular complexity index is 434. The largest absolute Gasteiger partial charge is 0.379 e. The molecular weight excluding hydrogens is 242 g/mol. The molecule has 2 rings (SSSR count). The van der Waals surface area contributed by atoms with Crippen LogP contribution < -0.4 is 0 Å². The normalized spacial score (nSPS) is 17.6. The van der Waals surface area contributed by atoms with E-state index < -0.39 is 5.54 Å². The molecule has 0 spiro atoms. The van der Waals surface area contributed by atoms with Gasteiger partial charge in [-0.15, -0.1) is 0 Å². The highest BCUT2D eigenvalue weighted by Gasteiger charge is 2.34. The molecule has 106 valence electrons. The summed E-state index contributed by atoms with van der Waals surface area (Å²) in [5, 5.41) is 4.21. The van der Waals surface area contributed by atoms with Crippen molar-refractivity contribution < 1.29 is 9.53 Å². The second-order valence-electron chi connectivity index (χ2n) is 5.46. The summed E-state index contributed by atoms with van der Waals surface area (Å²) in [6, 6.07) is 0. The number of carbonyl (C=O) groups is 1. The van der Waals surface area contributed by atoms with Crippen LogP contribution in [0.15, 0.2) is 12.4 Å². The molecule has 0 radical (unpaired) electrons. The average molecular weight is 265 g/mol. The van der Waals surface area contributed by atoms with Gasteiger partial charge in [-0.2, -0.15) is 5.10 Å². The Labute approximate surface area is 114 Å². The van der Waals surface area contributed by atoms with Crippen molar-refractivity contribution in [1.29, 1.82) is 0 Å². The zero-order chi connectivity index (χ0) is 13.9. The standard InChI is InChI=1S/C14H23N3O2/c1-4-17-11-12(10-15-17)9-13(18)14(2,3)16-5-7-19-8-6-16/h10-11H,4-9H2,1-3H3. The van der Waals surface area contributed by atoms with Crippen molar-refractivity contribution in [3.05, 3.63) is 18.0 Å². The van der Waals surface area contributed by atoms with E-state index in [-0.39, 0.29) is 5.78 Å². The fourth-order valence-electron chi connectivity index (χ4n) is 2.37. The van der Waals surface area contributed by atoms with Crippen molar-refractivity contribution in [2.24, 2.45) is 0 Å². The van der Waals surface area contributed by atoms with Crippen molar-refractivity contribution in [3.8, 4) is 0 Å². The van der Waals surface area contributed by atoms with Crippen LogP contribution in [0.3, 0.4) is 0 Å². The van der Waals surface area contributed by atoms with Crippen molar-refractivity contribution >= 4 is 5.78 Å². The minimum Gasteiger partial charge on any atom is -0.379 e. The number of aryl methyl sites for hydroxylation is 1. The molecule has 1 saturated heterocycles. The summed E-state index contributed by atoms with van der Waals surface area (Å²) in [7, 11) is 0. The lowest BCUT2D eigenvalue weighted by molar-refractivity contribution is -0.131. The van der Waals surface area contributed by atoms with Crippen LogP contribution in [0.5, 0.6) is 0 Å². The first-order valence-corrected chi connectivity index (χ1v) is 6.91. The van der Waals surface area contributed by atoms with Gasteiger partial charge in [-0.1, -0.05) is 0 Å². The molecule has 1 aliphatic heterocycles. The van der Waals surface area contributed by atoms with Gasteiger partial charge in [0.1, 0.15) is 0 Å². The van der Waals surface area contributed by atoms with E-state index in [1.807, 2.05) is 31.6 Å². The molecule has 2 heterocycles. The highest BCUT2D eigenvalue weighted by atomic mass is 16.5. The summed E-state index contributed by atoms with van der Waals surface area (Å²) in [4.78, 5) is 14.7. The van der Waals surface area contributed by atoms with Crippen molar-refractivity contribution in [1.82, 2.24) is 14.7 Å². The molecule has 5 heteroatoms. The Morgan fingerprint density at radius 2 is 2.11 bits per heavy atom. The first-order chi connectivity index (χ1) is 9.04. The number of ketones is 1. The van der Waals surface area contributed by atoms with E-state index in [4.69, 9.17) is 4.74 Å². The van der Waals surface area contributed by atoms with Crippen LogP contribution in [0, 0.1) is 0 Å². The molecule has 0 N–H and O–H groups in total. The topological polar surface area (TPSA) is 47.4 Å². The van der Waals surface area contributed by atoms with Crippen LogP contribution in [-0.4, -0.2) is 52.3 Å². The molecule has 0 atom stereocenters. The van der Waals surface area contributed by atoms with E-state index in [1.54, 1.807) is 6.20 Å². The third-order valence-electron chi connectivity index (χ3n) is 3.86. The van der Waals surface area contributed by atoms with E-state index in [0.717, 1.165) is 25.2 Å². The van der Waals surface area contributed by atoms with Gasteiger partial charge in [0, 0.05) is 32.3 Å². The highest BCUT2D eigenvalue weighted by molar-refractivity contribution is 5.89. The predicted molar refractivity (Wildman–Crippen MR) is 73.1 cm³/mol. The first-order valence-electron chi connectivity index (χ1n) is 6.91. The molecule has 5 nitrogen and oxygen atoms in total. The lowest BCUT2D eigenvalue weighted by atomic mass is 9.92. The summed E-state index contributed by atoms with van der Waals surface area (Å²) in [6.45, 7) is 9.96. The van der Waals surface area contributed by atoms with Gasteiger partial charge < -0.3 is 4.74 Å². The van der Waals surface area contributed by atoms with Crippen LogP contribution in [0.1, 0.15) is 26.3 Å². The molecule has 0 aliphatic carbocycles. The number of Topliss-reactive ketones (excluding diaryl/α,β-unsaturated/α-hetero) is 1. The number of morpholine rings is 1. The van der Waals surface area contributed by atoms with Gasteiger partial charge in [-0.05, 0) is 26.3 Å². The number of hydrogen-bond donors (Lipinski definition) is 0. The van der Waals surface area contributed by atoms with E-state index in [9.17, 15) is 4.79 Å². The van der Waals surface area contributed by atoms with Gasteiger partial charge in [0.15, 0.2) is 5.78 Å². The molecule has 0 amide bonds. The van der Waals surface area contributed by atoms with E-state index >= 15 is 0 Å². The number of ether oxygens (including phenoxy) is 1. The molecule has 1 aromatic heterocycles. The smallest absolute Gasteiger partial charge is 0.156 e. The molecule has 1 aliphatic rings. The highest BCUT2D eigenvalue weighted by Crippen LogP contribution is 2.19. The molecule has 19 heavy (non-hydrogen) atoms. The average Bonchev–Trinajstić information content (AvgIpc) is 2.87. The monoisotopic (exact) mass is 265 g/mol. The van der Waals surface area contributed by atoms with Gasteiger partial charge >= 0.3 is 0 Å². The van der Waals surface area contributed by atoms with Gasteiger partial charge in [-0.25, -0.2) is 0 Å². The van der Waals surface area contributed by atoms with Crippen LogP contribution in [0.25, 0.3) is 0 Å². The molecular formula is C14H23N3O2. The summed E-state index contributed by atoms with van der Waals surface area (Å²) in [6.07, 6.45) is 4.19. The molecule has 1 fully saturated rings. The quantitative estimate of drug-likeness (QED) is 0.800. The Morgan fingerprint density at radius 1 is 1.42 bits per heavy atom. The minimum atomic E-state index is -0.432. The third kappa shape index (κ3) is 3.22. The maximum atomic E-state index is 12.5. The SMILES string of the molecule is CCn1cc(CC(=O)C(C)(C)N2CCOCC2)cn1. The Kier molecular flexibility index (Phi) is 4.37. The summed E-state index contributed by atoms with van der Waals surface area (Å²) < 4.78 is 7.20. The number of rotatable bonds is 5. The van der Waals surface area contributed by atoms with Gasteiger partial charge in [0.2, 0.25) is 0 Å². The zero-order valence-electron chi connectivity index (χ0n) is 12.1.